The number of nitrogens with zero attached hydrogens (tertiary/aromatic N) is 5. The first kappa shape index (κ1) is 17.9. The van der Waals surface area contributed by atoms with E-state index in [2.05, 4.69) is 4.98 Å². The third kappa shape index (κ3) is 2.82. The van der Waals surface area contributed by atoms with Crippen molar-refractivity contribution in [1.82, 2.24) is 18.7 Å². The molecule has 0 spiro atoms. The minimum atomic E-state index is -0.549. The zero-order chi connectivity index (χ0) is 19.0. The van der Waals surface area contributed by atoms with Gasteiger partial charge < -0.3 is 4.90 Å². The molecule has 0 unspecified atom stereocenters. The molecule has 0 N–H and O–H groups in total. The van der Waals surface area contributed by atoms with Crippen molar-refractivity contribution < 1.29 is 4.79 Å². The Kier molecular flexibility index (Phi) is 4.69. The molecule has 0 saturated carbocycles. The van der Waals surface area contributed by atoms with E-state index in [1.807, 2.05) is 37.3 Å². The predicted molar refractivity (Wildman–Crippen MR) is 99.7 cm³/mol. The molecule has 0 aliphatic rings. The number of carbonyl (C=O) groups is 1. The lowest BCUT2D eigenvalue weighted by atomic mass is 10.3. The SMILES string of the molecule is CCN(C(=O)Cn1c(Cl)nc2c(=O)n(C)c(=O)n(C)c21)c1ccccc1. The number of imidazole rings is 1. The molecule has 0 fully saturated rings. The van der Waals surface area contributed by atoms with Crippen LogP contribution in [0.25, 0.3) is 11.2 Å². The van der Waals surface area contributed by atoms with E-state index >= 15 is 0 Å². The quantitative estimate of drug-likeness (QED) is 0.640. The molecule has 0 radical (unpaired) electrons. The highest BCUT2D eigenvalue weighted by Gasteiger charge is 2.22. The number of anilines is 1. The second-order valence-electron chi connectivity index (χ2n) is 5.82. The summed E-state index contributed by atoms with van der Waals surface area (Å²) in [7, 11) is 2.88. The van der Waals surface area contributed by atoms with E-state index in [-0.39, 0.29) is 28.9 Å². The molecule has 136 valence electrons. The second-order valence-corrected chi connectivity index (χ2v) is 6.16. The lowest BCUT2D eigenvalue weighted by Gasteiger charge is -2.21. The first-order valence-corrected chi connectivity index (χ1v) is 8.41. The zero-order valence-electron chi connectivity index (χ0n) is 14.6. The number of hydrogen-bond donors (Lipinski definition) is 0. The number of aromatic nitrogens is 4. The van der Waals surface area contributed by atoms with Crippen molar-refractivity contribution in [2.75, 3.05) is 11.4 Å². The van der Waals surface area contributed by atoms with Gasteiger partial charge in [-0.05, 0) is 30.7 Å². The highest BCUT2D eigenvalue weighted by atomic mass is 35.5. The number of rotatable bonds is 4. The molecular formula is C17H18ClN5O3. The van der Waals surface area contributed by atoms with E-state index in [1.54, 1.807) is 4.90 Å². The summed E-state index contributed by atoms with van der Waals surface area (Å²) in [5.41, 5.74) is -0.0316. The largest absolute Gasteiger partial charge is 0.332 e. The molecule has 9 heteroatoms. The Bertz CT molecular complexity index is 1100. The third-order valence-corrected chi connectivity index (χ3v) is 4.56. The molecule has 3 aromatic rings. The number of benzene rings is 1. The van der Waals surface area contributed by atoms with E-state index in [0.29, 0.717) is 6.54 Å². The molecule has 3 rings (SSSR count). The molecule has 0 aliphatic heterocycles. The Morgan fingerprint density at radius 1 is 1.15 bits per heavy atom. The Balaban J connectivity index is 2.09. The standard InChI is InChI=1S/C17H18ClN5O3/c1-4-22(11-8-6-5-7-9-11)12(24)10-23-14-13(19-16(23)18)15(25)21(3)17(26)20(14)2/h5-9H,4,10H2,1-3H3. The van der Waals surface area contributed by atoms with E-state index in [1.165, 1.54) is 23.2 Å². The minimum absolute atomic E-state index is 0.0178. The topological polar surface area (TPSA) is 82.1 Å². The normalized spacial score (nSPS) is 11.1. The van der Waals surface area contributed by atoms with Gasteiger partial charge in [0.15, 0.2) is 11.2 Å². The number of likely N-dealkylation sites (N-methyl/N-ethyl adjacent to an activating group) is 1. The second kappa shape index (κ2) is 6.80. The first-order valence-electron chi connectivity index (χ1n) is 8.04. The van der Waals surface area contributed by atoms with Gasteiger partial charge in [0, 0.05) is 26.3 Å². The molecule has 2 heterocycles. The van der Waals surface area contributed by atoms with Gasteiger partial charge in [0.05, 0.1) is 0 Å². The van der Waals surface area contributed by atoms with Crippen molar-refractivity contribution in [2.45, 2.75) is 13.5 Å². The fraction of sp³-hybridized carbons (Fsp3) is 0.294. The number of halogens is 1. The van der Waals surface area contributed by atoms with Gasteiger partial charge in [-0.15, -0.1) is 0 Å². The molecule has 0 aliphatic carbocycles. The van der Waals surface area contributed by atoms with Crippen LogP contribution < -0.4 is 16.1 Å². The molecule has 26 heavy (non-hydrogen) atoms. The maximum absolute atomic E-state index is 12.8. The van der Waals surface area contributed by atoms with Crippen molar-refractivity contribution in [3.05, 3.63) is 56.5 Å². The van der Waals surface area contributed by atoms with Gasteiger partial charge >= 0.3 is 5.69 Å². The van der Waals surface area contributed by atoms with E-state index in [0.717, 1.165) is 10.3 Å². The molecule has 0 saturated heterocycles. The number of para-hydroxylation sites is 1. The summed E-state index contributed by atoms with van der Waals surface area (Å²) in [5.74, 6) is -0.229. The van der Waals surface area contributed by atoms with Gasteiger partial charge in [-0.3, -0.25) is 23.3 Å². The van der Waals surface area contributed by atoms with Crippen LogP contribution in [0.4, 0.5) is 5.69 Å². The average Bonchev–Trinajstić information content (AvgIpc) is 2.96. The predicted octanol–water partition coefficient (Wildman–Crippen LogP) is 1.14. The van der Waals surface area contributed by atoms with Crippen molar-refractivity contribution in [3.63, 3.8) is 0 Å². The molecule has 0 atom stereocenters. The molecule has 0 bridgehead atoms. The van der Waals surface area contributed by atoms with E-state index < -0.39 is 11.2 Å². The van der Waals surface area contributed by atoms with E-state index in [9.17, 15) is 14.4 Å². The van der Waals surface area contributed by atoms with Crippen molar-refractivity contribution in [3.8, 4) is 0 Å². The van der Waals surface area contributed by atoms with Crippen LogP contribution in [0.15, 0.2) is 39.9 Å². The van der Waals surface area contributed by atoms with Crippen LogP contribution in [-0.2, 0) is 25.4 Å². The summed E-state index contributed by atoms with van der Waals surface area (Å²) in [6.07, 6.45) is 0. The van der Waals surface area contributed by atoms with Crippen molar-refractivity contribution in [2.24, 2.45) is 14.1 Å². The highest BCUT2D eigenvalue weighted by Crippen LogP contribution is 2.18. The smallest absolute Gasteiger partial charge is 0.311 e. The van der Waals surface area contributed by atoms with Gasteiger partial charge in [0.25, 0.3) is 5.56 Å². The number of aryl methyl sites for hydroxylation is 1. The molecule has 1 aromatic carbocycles. The van der Waals surface area contributed by atoms with Gasteiger partial charge in [0.1, 0.15) is 6.54 Å². The minimum Gasteiger partial charge on any atom is -0.311 e. The van der Waals surface area contributed by atoms with Gasteiger partial charge in [-0.1, -0.05) is 18.2 Å². The number of hydrogen-bond acceptors (Lipinski definition) is 4. The summed E-state index contributed by atoms with van der Waals surface area (Å²) in [4.78, 5) is 43.0. The van der Waals surface area contributed by atoms with Crippen LogP contribution in [-0.4, -0.2) is 31.1 Å². The summed E-state index contributed by atoms with van der Waals surface area (Å²) in [5, 5.41) is -0.0178. The molecule has 8 nitrogen and oxygen atoms in total. The van der Waals surface area contributed by atoms with E-state index in [4.69, 9.17) is 11.6 Å². The molecule has 1 amide bonds. The fourth-order valence-electron chi connectivity index (χ4n) is 2.93. The summed E-state index contributed by atoms with van der Waals surface area (Å²) >= 11 is 6.17. The Morgan fingerprint density at radius 3 is 2.42 bits per heavy atom. The summed E-state index contributed by atoms with van der Waals surface area (Å²) < 4.78 is 3.61. The third-order valence-electron chi connectivity index (χ3n) is 4.27. The summed E-state index contributed by atoms with van der Waals surface area (Å²) in [6, 6.07) is 9.23. The van der Waals surface area contributed by atoms with Crippen LogP contribution >= 0.6 is 11.6 Å². The van der Waals surface area contributed by atoms with Crippen LogP contribution in [0.3, 0.4) is 0 Å². The summed E-state index contributed by atoms with van der Waals surface area (Å²) in [6.45, 7) is 2.19. The lowest BCUT2D eigenvalue weighted by Crippen LogP contribution is -2.38. The van der Waals surface area contributed by atoms with Gasteiger partial charge in [-0.25, -0.2) is 9.78 Å². The number of amides is 1. The fourth-order valence-corrected chi connectivity index (χ4v) is 3.16. The number of fused-ring (bicyclic) bond motifs is 1. The zero-order valence-corrected chi connectivity index (χ0v) is 15.4. The average molecular weight is 376 g/mol. The van der Waals surface area contributed by atoms with Gasteiger partial charge in [0.2, 0.25) is 11.2 Å². The maximum Gasteiger partial charge on any atom is 0.332 e. The Labute approximate surface area is 153 Å². The van der Waals surface area contributed by atoms with Crippen molar-refractivity contribution in [1.29, 1.82) is 0 Å². The molecule has 2 aromatic heterocycles. The van der Waals surface area contributed by atoms with Crippen molar-refractivity contribution >= 4 is 34.4 Å². The maximum atomic E-state index is 12.8. The number of carbonyl (C=O) groups excluding carboxylic acids is 1. The van der Waals surface area contributed by atoms with Crippen LogP contribution in [0, 0.1) is 0 Å². The molecular weight excluding hydrogens is 358 g/mol. The lowest BCUT2D eigenvalue weighted by molar-refractivity contribution is -0.119. The van der Waals surface area contributed by atoms with Crippen LogP contribution in [0.5, 0.6) is 0 Å². The van der Waals surface area contributed by atoms with Crippen LogP contribution in [0.1, 0.15) is 6.92 Å². The first-order chi connectivity index (χ1) is 12.4. The van der Waals surface area contributed by atoms with Gasteiger partial charge in [-0.2, -0.15) is 0 Å². The highest BCUT2D eigenvalue weighted by molar-refractivity contribution is 6.29. The Hall–Kier alpha value is -2.87. The monoisotopic (exact) mass is 375 g/mol. The Morgan fingerprint density at radius 2 is 1.81 bits per heavy atom. The van der Waals surface area contributed by atoms with Crippen LogP contribution in [0.2, 0.25) is 5.28 Å².